The highest BCUT2D eigenvalue weighted by Gasteiger charge is 2.56. The van der Waals surface area contributed by atoms with Crippen LogP contribution in [-0.4, -0.2) is 319 Å². The van der Waals surface area contributed by atoms with Crippen LogP contribution in [0.15, 0.2) is 127 Å². The molecule has 0 aromatic heterocycles. The summed E-state index contributed by atoms with van der Waals surface area (Å²) in [7, 11) is 0. The Balaban J connectivity index is 0.736. The SMILES string of the molecule is CC(=O)N[C@H]1[C@H]([C@H](O)[C@H](O)CNC(=O)c2ccc(-c3ccccc3)cc2)O[C@@](OCCCSCCNC(=O)c2ccc(C(=O)NCCSCCCO[C@]3(C(=O)O)C[C@H](O)C[C@H]([C@H](O)[C@H](O)CNC(=O)c4ccc(-c5ccccc5)cc4)O3)cc2OCCOCCOCCOCCOCCOCCNC(=O)CCCCC(=O)ON2C(=O)CCC2=O)(C(=O)O)C[C@@H]1O. The van der Waals surface area contributed by atoms with Crippen molar-refractivity contribution in [3.05, 3.63) is 150 Å². The molecule has 3 saturated heterocycles. The highest BCUT2D eigenvalue weighted by molar-refractivity contribution is 7.99. The molecule has 39 heteroatoms. The molecule has 8 rings (SSSR count). The first-order chi connectivity index (χ1) is 60.3. The van der Waals surface area contributed by atoms with Gasteiger partial charge in [-0.15, -0.1) is 5.06 Å². The maximum Gasteiger partial charge on any atom is 0.364 e. The normalized spacial score (nSPS) is 19.7. The van der Waals surface area contributed by atoms with E-state index in [1.165, 1.54) is 41.7 Å². The van der Waals surface area contributed by atoms with Crippen LogP contribution in [0.25, 0.3) is 22.3 Å². The third kappa shape index (κ3) is 33.6. The number of hydrogen-bond acceptors (Lipinski definition) is 30. The molecule has 3 aliphatic heterocycles. The van der Waals surface area contributed by atoms with Gasteiger partial charge in [0, 0.05) is 113 Å². The number of carbonyl (C=O) groups is 11. The summed E-state index contributed by atoms with van der Waals surface area (Å²) >= 11 is 2.79. The zero-order valence-electron chi connectivity index (χ0n) is 69.5. The van der Waals surface area contributed by atoms with Gasteiger partial charge in [-0.2, -0.15) is 23.5 Å². The van der Waals surface area contributed by atoms with Gasteiger partial charge in [-0.1, -0.05) is 84.9 Å². The molecule has 0 saturated carbocycles. The number of thioether (sulfide) groups is 2. The Kier molecular flexibility index (Phi) is 43.3. The molecule has 684 valence electrons. The number of unbranched alkanes of at least 4 members (excludes halogenated alkanes) is 1. The first-order valence-corrected chi connectivity index (χ1v) is 43.6. The van der Waals surface area contributed by atoms with Crippen molar-refractivity contribution in [2.45, 2.75) is 144 Å². The number of aliphatic carboxylic acids is 2. The van der Waals surface area contributed by atoms with Gasteiger partial charge in [-0.05, 0) is 102 Å². The molecule has 5 aromatic carbocycles. The summed E-state index contributed by atoms with van der Waals surface area (Å²) in [4.78, 5) is 143. The number of aliphatic hydroxyl groups excluding tert-OH is 6. The Hall–Kier alpha value is -9.63. The number of benzene rings is 5. The molecule has 14 N–H and O–H groups in total. The molecule has 5 aromatic rings. The van der Waals surface area contributed by atoms with Crippen molar-refractivity contribution in [2.24, 2.45) is 0 Å². The van der Waals surface area contributed by atoms with Crippen molar-refractivity contribution in [3.63, 3.8) is 0 Å². The van der Waals surface area contributed by atoms with Gasteiger partial charge in [0.1, 0.15) is 30.7 Å². The molecular weight excluding hydrogens is 1680 g/mol. The average Bonchev–Trinajstić information content (AvgIpc) is 1.32. The van der Waals surface area contributed by atoms with Crippen molar-refractivity contribution in [2.75, 3.05) is 142 Å². The van der Waals surface area contributed by atoms with Crippen LogP contribution in [0.1, 0.15) is 119 Å². The molecule has 8 amide bonds. The summed E-state index contributed by atoms with van der Waals surface area (Å²) in [5, 5.41) is 104. The highest BCUT2D eigenvalue weighted by Crippen LogP contribution is 2.36. The average molecular weight is 1790 g/mol. The standard InChI is InChI=1S/C86H113N7O30S2/c1-56(94)92-75-66(96)53-86(84(111)112,122-78(75)77(104)68(98)55-91-80(106)62-24-20-60(21-25-62)58-14-6-3-7-15-58)120-34-11-47-125-49-32-89-82(108)65-27-26-63(50-69(65)118-45-44-117-43-42-116-41-40-115-39-38-114-37-36-113-35-30-87-71(99)16-8-9-17-74(102)123-93-72(100)28-29-73(93)101)81(107)88-31-48-124-46-10-33-119-85(83(109)110)52-64(95)51-70(121-85)76(103)67(97)54-90-79(105)61-22-18-59(19-23-61)57-12-4-2-5-13-57/h2-7,12-15,18-27,50,64,66-68,70,75-78,95-98,103-104H,8-11,16-17,28-49,51-55H2,1H3,(H,87,99)(H,88,107)(H,89,108)(H,90,105)(H,91,106)(H,92,94)(H,109,110)(H,111,112)/t64-,66+,67-,68-,70-,75-,76-,77-,78-,85-,86-/m1/s1. The lowest BCUT2D eigenvalue weighted by atomic mass is 9.88. The molecule has 11 atom stereocenters. The number of ether oxygens (including phenoxy) is 10. The van der Waals surface area contributed by atoms with E-state index < -0.39 is 152 Å². The van der Waals surface area contributed by atoms with Crippen LogP contribution in [0.4, 0.5) is 0 Å². The summed E-state index contributed by atoms with van der Waals surface area (Å²) < 4.78 is 57.3. The number of rotatable bonds is 58. The fraction of sp³-hybridized carbons (Fsp3) is 0.523. The number of amides is 8. The van der Waals surface area contributed by atoms with Crippen molar-refractivity contribution >= 4 is 88.7 Å². The van der Waals surface area contributed by atoms with Crippen molar-refractivity contribution in [1.82, 2.24) is 37.0 Å². The number of carboxylic acids is 2. The van der Waals surface area contributed by atoms with Crippen LogP contribution in [0.3, 0.4) is 0 Å². The van der Waals surface area contributed by atoms with Crippen LogP contribution in [-0.2, 0) is 81.0 Å². The first-order valence-electron chi connectivity index (χ1n) is 41.3. The molecule has 0 spiro atoms. The van der Waals surface area contributed by atoms with Crippen molar-refractivity contribution in [3.8, 4) is 28.0 Å². The van der Waals surface area contributed by atoms with Crippen LogP contribution in [0, 0.1) is 0 Å². The molecule has 37 nitrogen and oxygen atoms in total. The van der Waals surface area contributed by atoms with E-state index in [-0.39, 0.29) is 153 Å². The number of nitrogens with zero attached hydrogens (tertiary/aromatic N) is 1. The van der Waals surface area contributed by atoms with E-state index in [2.05, 4.69) is 31.9 Å². The molecule has 0 bridgehead atoms. The third-order valence-electron chi connectivity index (χ3n) is 19.8. The second-order valence-corrected chi connectivity index (χ2v) is 31.7. The second-order valence-electron chi connectivity index (χ2n) is 29.2. The van der Waals surface area contributed by atoms with Gasteiger partial charge in [0.2, 0.25) is 11.8 Å². The van der Waals surface area contributed by atoms with Gasteiger partial charge in [0.25, 0.3) is 47.0 Å². The van der Waals surface area contributed by atoms with Crippen LogP contribution >= 0.6 is 23.5 Å². The van der Waals surface area contributed by atoms with Crippen molar-refractivity contribution < 1.29 is 146 Å². The van der Waals surface area contributed by atoms with E-state index in [0.717, 1.165) is 29.2 Å². The predicted molar refractivity (Wildman–Crippen MR) is 452 cm³/mol. The monoisotopic (exact) mass is 1790 g/mol. The summed E-state index contributed by atoms with van der Waals surface area (Å²) in [6.45, 7) is 2.74. The van der Waals surface area contributed by atoms with E-state index in [1.807, 2.05) is 60.7 Å². The number of imide groups is 1. The van der Waals surface area contributed by atoms with Gasteiger partial charge in [-0.25, -0.2) is 14.4 Å². The summed E-state index contributed by atoms with van der Waals surface area (Å²) in [5.74, 6) is -11.4. The minimum Gasteiger partial charge on any atom is -0.490 e. The highest BCUT2D eigenvalue weighted by atomic mass is 32.2. The number of carbonyl (C=O) groups excluding carboxylic acids is 9. The Bertz CT molecular complexity index is 4230. The largest absolute Gasteiger partial charge is 0.490 e. The summed E-state index contributed by atoms with van der Waals surface area (Å²) in [6, 6.07) is 35.3. The van der Waals surface area contributed by atoms with E-state index in [1.54, 1.807) is 48.5 Å². The molecule has 0 aliphatic carbocycles. The van der Waals surface area contributed by atoms with E-state index in [9.17, 15) is 93.6 Å². The summed E-state index contributed by atoms with van der Waals surface area (Å²) in [5.41, 5.74) is 4.42. The van der Waals surface area contributed by atoms with Crippen LogP contribution in [0.2, 0.25) is 0 Å². The lowest BCUT2D eigenvalue weighted by Gasteiger charge is -2.46. The van der Waals surface area contributed by atoms with E-state index in [4.69, 9.17) is 52.2 Å². The zero-order valence-corrected chi connectivity index (χ0v) is 71.1. The lowest BCUT2D eigenvalue weighted by molar-refractivity contribution is -0.310. The molecule has 3 heterocycles. The maximum atomic E-state index is 13.8. The number of aliphatic hydroxyl groups is 6. The number of hydroxylamine groups is 2. The molecule has 0 radical (unpaired) electrons. The van der Waals surface area contributed by atoms with E-state index >= 15 is 0 Å². The number of carboxylic acid groups (broad SMARTS) is 2. The minimum absolute atomic E-state index is 0.00416. The Morgan fingerprint density at radius 1 is 0.488 bits per heavy atom. The Labute approximate surface area is 731 Å². The van der Waals surface area contributed by atoms with Crippen LogP contribution in [0.5, 0.6) is 5.75 Å². The quantitative estimate of drug-likeness (QED) is 0.0196. The molecular formula is C86H113N7O30S2. The molecule has 0 unspecified atom stereocenters. The lowest BCUT2D eigenvalue weighted by Crippen LogP contribution is -2.68. The van der Waals surface area contributed by atoms with Gasteiger partial charge in [0.15, 0.2) is 0 Å². The fourth-order valence-corrected chi connectivity index (χ4v) is 14.7. The smallest absolute Gasteiger partial charge is 0.364 e. The second kappa shape index (κ2) is 53.8. The molecule has 125 heavy (non-hydrogen) atoms. The van der Waals surface area contributed by atoms with Crippen LogP contribution < -0.4 is 36.6 Å². The van der Waals surface area contributed by atoms with E-state index in [0.29, 0.717) is 72.7 Å². The Morgan fingerprint density at radius 3 is 1.46 bits per heavy atom. The van der Waals surface area contributed by atoms with Crippen molar-refractivity contribution in [1.29, 1.82) is 0 Å². The topological polar surface area (TPSA) is 527 Å². The zero-order chi connectivity index (χ0) is 89.9. The molecule has 3 aliphatic rings. The fourth-order valence-electron chi connectivity index (χ4n) is 13.2. The van der Waals surface area contributed by atoms with Gasteiger partial charge in [-0.3, -0.25) is 38.4 Å². The maximum absolute atomic E-state index is 13.8. The van der Waals surface area contributed by atoms with Gasteiger partial charge in [0.05, 0.1) is 121 Å². The summed E-state index contributed by atoms with van der Waals surface area (Å²) in [6.07, 6.45) is -13.2. The first kappa shape index (κ1) is 101. The third-order valence-corrected chi connectivity index (χ3v) is 21.9. The Morgan fingerprint density at radius 2 is 0.944 bits per heavy atom. The van der Waals surface area contributed by atoms with Gasteiger partial charge >= 0.3 is 17.9 Å². The minimum atomic E-state index is -2.55. The van der Waals surface area contributed by atoms with Gasteiger partial charge < -0.3 is 125 Å². The number of hydrogen-bond donors (Lipinski definition) is 14. The molecule has 3 fully saturated rings. The predicted octanol–water partition coefficient (Wildman–Crippen LogP) is 2.57. The number of nitrogens with one attached hydrogen (secondary N) is 6.